The van der Waals surface area contributed by atoms with E-state index < -0.39 is 26.0 Å². The van der Waals surface area contributed by atoms with Crippen LogP contribution in [0.1, 0.15) is 26.2 Å². The Balaban J connectivity index is 1.86. The molecular formula is C15H20N2O5S2. The maximum Gasteiger partial charge on any atom is 0.243 e. The normalized spacial score (nSPS) is 22.9. The Morgan fingerprint density at radius 3 is 2.17 bits per heavy atom. The van der Waals surface area contributed by atoms with E-state index in [9.17, 15) is 21.6 Å². The number of nitrogens with zero attached hydrogens (tertiary/aromatic N) is 2. The lowest BCUT2D eigenvalue weighted by Gasteiger charge is -2.29. The first-order valence-electron chi connectivity index (χ1n) is 7.88. The van der Waals surface area contributed by atoms with Crippen molar-refractivity contribution in [1.82, 2.24) is 4.31 Å². The highest BCUT2D eigenvalue weighted by Gasteiger charge is 2.36. The second-order valence-corrected chi connectivity index (χ2v) is 10.2. The van der Waals surface area contributed by atoms with E-state index in [1.165, 1.54) is 28.6 Å². The average molecular weight is 372 g/mol. The van der Waals surface area contributed by atoms with Crippen molar-refractivity contribution < 1.29 is 21.6 Å². The summed E-state index contributed by atoms with van der Waals surface area (Å²) in [6, 6.07) is 5.48. The third kappa shape index (κ3) is 3.07. The molecule has 2 aliphatic rings. The van der Waals surface area contributed by atoms with Gasteiger partial charge in [-0.1, -0.05) is 6.92 Å². The van der Waals surface area contributed by atoms with E-state index in [-0.39, 0.29) is 22.8 Å². The van der Waals surface area contributed by atoms with E-state index in [0.29, 0.717) is 19.0 Å². The minimum atomic E-state index is -3.64. The molecule has 2 heterocycles. The maximum atomic E-state index is 12.6. The summed E-state index contributed by atoms with van der Waals surface area (Å²) in [5, 5.41) is 0. The molecule has 0 bridgehead atoms. The molecule has 0 aromatic heterocycles. The summed E-state index contributed by atoms with van der Waals surface area (Å²) in [7, 11) is -7.23. The van der Waals surface area contributed by atoms with Crippen molar-refractivity contribution in [2.24, 2.45) is 5.92 Å². The molecule has 9 heteroatoms. The summed E-state index contributed by atoms with van der Waals surface area (Å²) in [5.41, 5.74) is 0.184. The van der Waals surface area contributed by atoms with E-state index in [1.54, 1.807) is 0 Å². The van der Waals surface area contributed by atoms with Crippen LogP contribution in [0, 0.1) is 5.92 Å². The number of rotatable bonds is 3. The molecule has 0 radical (unpaired) electrons. The predicted molar refractivity (Wildman–Crippen MR) is 89.5 cm³/mol. The van der Waals surface area contributed by atoms with E-state index >= 15 is 0 Å². The van der Waals surface area contributed by atoms with Gasteiger partial charge in [0.2, 0.25) is 26.0 Å². The van der Waals surface area contributed by atoms with Gasteiger partial charge in [0.1, 0.15) is 0 Å². The number of hydrogen-bond donors (Lipinski definition) is 0. The van der Waals surface area contributed by atoms with Crippen molar-refractivity contribution >= 4 is 31.6 Å². The number of carbonyl (C=O) groups is 1. The Hall–Kier alpha value is -1.45. The highest BCUT2D eigenvalue weighted by atomic mass is 32.2. The van der Waals surface area contributed by atoms with Crippen LogP contribution in [-0.4, -0.2) is 45.9 Å². The largest absolute Gasteiger partial charge is 0.273 e. The zero-order chi connectivity index (χ0) is 17.5. The van der Waals surface area contributed by atoms with Gasteiger partial charge in [0.05, 0.1) is 16.3 Å². The van der Waals surface area contributed by atoms with Crippen LogP contribution in [0.25, 0.3) is 0 Å². The molecule has 1 aromatic rings. The molecule has 1 amide bonds. The third-order valence-corrected chi connectivity index (χ3v) is 8.13. The van der Waals surface area contributed by atoms with Crippen molar-refractivity contribution in [1.29, 1.82) is 0 Å². The van der Waals surface area contributed by atoms with E-state index in [0.717, 1.165) is 17.1 Å². The number of anilines is 1. The number of sulfonamides is 2. The highest BCUT2D eigenvalue weighted by Crippen LogP contribution is 2.28. The average Bonchev–Trinajstić information content (AvgIpc) is 2.81. The molecule has 2 fully saturated rings. The Bertz CT molecular complexity index is 838. The Kier molecular flexibility index (Phi) is 4.43. The Morgan fingerprint density at radius 1 is 1.08 bits per heavy atom. The number of piperidine rings is 1. The van der Waals surface area contributed by atoms with Crippen molar-refractivity contribution in [3.63, 3.8) is 0 Å². The number of hydrogen-bond acceptors (Lipinski definition) is 5. The van der Waals surface area contributed by atoms with Crippen LogP contribution >= 0.6 is 0 Å². The zero-order valence-electron chi connectivity index (χ0n) is 13.4. The van der Waals surface area contributed by atoms with Gasteiger partial charge >= 0.3 is 0 Å². The molecule has 24 heavy (non-hydrogen) atoms. The molecule has 2 saturated heterocycles. The topological polar surface area (TPSA) is 91.8 Å². The minimum absolute atomic E-state index is 0.0473. The Morgan fingerprint density at radius 2 is 1.67 bits per heavy atom. The van der Waals surface area contributed by atoms with Gasteiger partial charge in [0.15, 0.2) is 0 Å². The SMILES string of the molecule is CC1CCN(S(=O)(=O)c2ccc(N3C(=O)CCS3(=O)=O)cc2)CC1. The van der Waals surface area contributed by atoms with Crippen LogP contribution in [0.4, 0.5) is 5.69 Å². The van der Waals surface area contributed by atoms with E-state index in [2.05, 4.69) is 6.92 Å². The summed E-state index contributed by atoms with van der Waals surface area (Å²) in [5.74, 6) is -0.182. The molecule has 0 saturated carbocycles. The lowest BCUT2D eigenvalue weighted by molar-refractivity contribution is -0.116. The lowest BCUT2D eigenvalue weighted by Crippen LogP contribution is -2.37. The van der Waals surface area contributed by atoms with Gasteiger partial charge in [0.25, 0.3) is 0 Å². The fourth-order valence-corrected chi connectivity index (χ4v) is 5.93. The zero-order valence-corrected chi connectivity index (χ0v) is 15.0. The number of benzene rings is 1. The maximum absolute atomic E-state index is 12.6. The molecule has 132 valence electrons. The van der Waals surface area contributed by atoms with Gasteiger partial charge in [0, 0.05) is 19.5 Å². The minimum Gasteiger partial charge on any atom is -0.273 e. The van der Waals surface area contributed by atoms with Crippen molar-refractivity contribution in [3.05, 3.63) is 24.3 Å². The molecular weight excluding hydrogens is 352 g/mol. The molecule has 0 unspecified atom stereocenters. The van der Waals surface area contributed by atoms with E-state index in [1.807, 2.05) is 0 Å². The molecule has 2 aliphatic heterocycles. The van der Waals surface area contributed by atoms with Gasteiger partial charge < -0.3 is 0 Å². The summed E-state index contributed by atoms with van der Waals surface area (Å²) in [4.78, 5) is 11.9. The highest BCUT2D eigenvalue weighted by molar-refractivity contribution is 7.94. The first kappa shape index (κ1) is 17.4. The molecule has 0 atom stereocenters. The predicted octanol–water partition coefficient (Wildman–Crippen LogP) is 1.17. The summed E-state index contributed by atoms with van der Waals surface area (Å²) >= 11 is 0. The molecule has 0 N–H and O–H groups in total. The van der Waals surface area contributed by atoms with Crippen molar-refractivity contribution in [3.8, 4) is 0 Å². The number of carbonyl (C=O) groups excluding carboxylic acids is 1. The fraction of sp³-hybridized carbons (Fsp3) is 0.533. The third-order valence-electron chi connectivity index (χ3n) is 4.53. The van der Waals surface area contributed by atoms with E-state index in [4.69, 9.17) is 0 Å². The second-order valence-electron chi connectivity index (χ2n) is 6.30. The molecule has 1 aromatic carbocycles. The summed E-state index contributed by atoms with van der Waals surface area (Å²) in [6.07, 6.45) is 1.62. The molecule has 0 spiro atoms. The fourth-order valence-electron chi connectivity index (χ4n) is 3.00. The van der Waals surface area contributed by atoms with Gasteiger partial charge in [-0.25, -0.2) is 21.1 Å². The smallest absolute Gasteiger partial charge is 0.243 e. The second kappa shape index (κ2) is 6.12. The van der Waals surface area contributed by atoms with Crippen LogP contribution in [0.2, 0.25) is 0 Å². The monoisotopic (exact) mass is 372 g/mol. The standard InChI is InChI=1S/C15H20N2O5S2/c1-12-6-9-16(10-7-12)24(21,22)14-4-2-13(3-5-14)17-15(18)8-11-23(17,19)20/h2-5,12H,6-11H2,1H3. The molecule has 0 aliphatic carbocycles. The van der Waals surface area contributed by atoms with Crippen LogP contribution in [0.5, 0.6) is 0 Å². The van der Waals surface area contributed by atoms with Gasteiger partial charge in [-0.15, -0.1) is 0 Å². The van der Waals surface area contributed by atoms with Gasteiger partial charge in [-0.05, 0) is 43.0 Å². The van der Waals surface area contributed by atoms with Crippen LogP contribution < -0.4 is 4.31 Å². The Labute approximate surface area is 142 Å². The van der Waals surface area contributed by atoms with Crippen LogP contribution in [-0.2, 0) is 24.8 Å². The quantitative estimate of drug-likeness (QED) is 0.794. The molecule has 7 nitrogen and oxygen atoms in total. The van der Waals surface area contributed by atoms with Crippen LogP contribution in [0.3, 0.4) is 0 Å². The van der Waals surface area contributed by atoms with Gasteiger partial charge in [-0.3, -0.25) is 4.79 Å². The first-order chi connectivity index (χ1) is 11.2. The van der Waals surface area contributed by atoms with Crippen molar-refractivity contribution in [2.75, 3.05) is 23.1 Å². The van der Waals surface area contributed by atoms with Crippen molar-refractivity contribution in [2.45, 2.75) is 31.1 Å². The lowest BCUT2D eigenvalue weighted by atomic mass is 10.0. The summed E-state index contributed by atoms with van der Waals surface area (Å²) in [6.45, 7) is 3.08. The van der Waals surface area contributed by atoms with Gasteiger partial charge in [-0.2, -0.15) is 4.31 Å². The van der Waals surface area contributed by atoms with Crippen LogP contribution in [0.15, 0.2) is 29.2 Å². The summed E-state index contributed by atoms with van der Waals surface area (Å²) < 4.78 is 51.3. The first-order valence-corrected chi connectivity index (χ1v) is 10.9. The molecule has 3 rings (SSSR count). The number of amides is 1.